The summed E-state index contributed by atoms with van der Waals surface area (Å²) in [7, 11) is 3.26. The highest BCUT2D eigenvalue weighted by Crippen LogP contribution is 2.30. The van der Waals surface area contributed by atoms with E-state index in [0.29, 0.717) is 26.2 Å². The van der Waals surface area contributed by atoms with Crippen LogP contribution in [0.25, 0.3) is 0 Å². The number of amides is 4. The minimum absolute atomic E-state index is 0.346. The van der Waals surface area contributed by atoms with Crippen LogP contribution in [0, 0.1) is 0 Å². The molecule has 2 aromatic carbocycles. The number of carbonyl (C=O) groups excluding carboxylic acids is 2. The molecule has 170 valence electrons. The van der Waals surface area contributed by atoms with Gasteiger partial charge in [-0.3, -0.25) is 10.4 Å². The SMILES string of the molecule is O=C1N(CCSSCCN2CC(c3ccccc3)N(O)C2=O)CC(c2ccccc2)N1O. The molecule has 8 nitrogen and oxygen atoms in total. The van der Waals surface area contributed by atoms with Crippen molar-refractivity contribution in [2.75, 3.05) is 37.7 Å². The molecule has 2 unspecified atom stereocenters. The Bertz CT molecular complexity index is 845. The summed E-state index contributed by atoms with van der Waals surface area (Å²) in [6.07, 6.45) is 0. The molecule has 2 heterocycles. The lowest BCUT2D eigenvalue weighted by molar-refractivity contribution is -0.0593. The Morgan fingerprint density at radius 1 is 0.688 bits per heavy atom. The largest absolute Gasteiger partial charge is 0.344 e. The molecular formula is C22H26N4O4S2. The van der Waals surface area contributed by atoms with Gasteiger partial charge < -0.3 is 9.80 Å². The number of benzene rings is 2. The molecule has 0 saturated carbocycles. The number of nitrogens with zero attached hydrogens (tertiary/aromatic N) is 4. The van der Waals surface area contributed by atoms with E-state index in [1.165, 1.54) is 0 Å². The molecule has 2 aromatic rings. The topological polar surface area (TPSA) is 87.6 Å². The van der Waals surface area contributed by atoms with Crippen LogP contribution in [-0.2, 0) is 0 Å². The van der Waals surface area contributed by atoms with Gasteiger partial charge in [0.2, 0.25) is 0 Å². The number of hydrogen-bond donors (Lipinski definition) is 2. The molecule has 0 aliphatic carbocycles. The molecule has 2 aliphatic rings. The molecule has 2 aliphatic heterocycles. The van der Waals surface area contributed by atoms with Crippen molar-refractivity contribution in [3.63, 3.8) is 0 Å². The van der Waals surface area contributed by atoms with Crippen molar-refractivity contribution < 1.29 is 20.0 Å². The molecule has 10 heteroatoms. The predicted molar refractivity (Wildman–Crippen MR) is 124 cm³/mol. The van der Waals surface area contributed by atoms with E-state index in [0.717, 1.165) is 32.8 Å². The molecule has 2 atom stereocenters. The van der Waals surface area contributed by atoms with Crippen molar-refractivity contribution in [2.45, 2.75) is 12.1 Å². The second kappa shape index (κ2) is 10.5. The van der Waals surface area contributed by atoms with Gasteiger partial charge >= 0.3 is 12.1 Å². The minimum Gasteiger partial charge on any atom is -0.319 e. The highest BCUT2D eigenvalue weighted by Gasteiger charge is 2.38. The van der Waals surface area contributed by atoms with Crippen molar-refractivity contribution in [1.82, 2.24) is 19.9 Å². The molecule has 0 bridgehead atoms. The normalized spacial score (nSPS) is 21.2. The Kier molecular flexibility index (Phi) is 7.46. The fraction of sp³-hybridized carbons (Fsp3) is 0.364. The first-order valence-corrected chi connectivity index (χ1v) is 12.9. The number of carbonyl (C=O) groups is 2. The average Bonchev–Trinajstić information content (AvgIpc) is 3.27. The molecule has 4 amide bonds. The maximum absolute atomic E-state index is 12.3. The monoisotopic (exact) mass is 474 g/mol. The van der Waals surface area contributed by atoms with Gasteiger partial charge in [0.15, 0.2) is 0 Å². The fourth-order valence-corrected chi connectivity index (χ4v) is 5.89. The highest BCUT2D eigenvalue weighted by molar-refractivity contribution is 8.76. The smallest absolute Gasteiger partial charge is 0.319 e. The Hall–Kier alpha value is -2.40. The maximum Gasteiger partial charge on any atom is 0.344 e. The second-order valence-corrected chi connectivity index (χ2v) is 10.3. The van der Waals surface area contributed by atoms with Crippen LogP contribution in [0.2, 0.25) is 0 Å². The zero-order chi connectivity index (χ0) is 22.5. The molecule has 32 heavy (non-hydrogen) atoms. The lowest BCUT2D eigenvalue weighted by Gasteiger charge is -2.15. The van der Waals surface area contributed by atoms with E-state index in [2.05, 4.69) is 0 Å². The molecule has 2 saturated heterocycles. The Labute approximate surface area is 195 Å². The summed E-state index contributed by atoms with van der Waals surface area (Å²) in [5.74, 6) is 1.44. The van der Waals surface area contributed by atoms with Gasteiger partial charge in [0.05, 0.1) is 0 Å². The van der Waals surface area contributed by atoms with Crippen molar-refractivity contribution in [1.29, 1.82) is 0 Å². The summed E-state index contributed by atoms with van der Waals surface area (Å²) in [6.45, 7) is 2.00. The Morgan fingerprint density at radius 3 is 1.44 bits per heavy atom. The van der Waals surface area contributed by atoms with Gasteiger partial charge in [0.25, 0.3) is 0 Å². The fourth-order valence-electron chi connectivity index (χ4n) is 3.92. The van der Waals surface area contributed by atoms with Gasteiger partial charge in [-0.15, -0.1) is 0 Å². The maximum atomic E-state index is 12.3. The van der Waals surface area contributed by atoms with Crippen LogP contribution in [-0.4, -0.2) is 80.1 Å². The first-order valence-electron chi connectivity index (χ1n) is 10.4. The van der Waals surface area contributed by atoms with E-state index in [-0.39, 0.29) is 24.1 Å². The van der Waals surface area contributed by atoms with Gasteiger partial charge in [0.1, 0.15) is 12.1 Å². The van der Waals surface area contributed by atoms with Crippen LogP contribution in [0.1, 0.15) is 23.2 Å². The van der Waals surface area contributed by atoms with Gasteiger partial charge in [-0.1, -0.05) is 82.3 Å². The molecule has 0 radical (unpaired) electrons. The molecule has 2 N–H and O–H groups in total. The second-order valence-electron chi connectivity index (χ2n) is 7.64. The van der Waals surface area contributed by atoms with E-state index in [1.54, 1.807) is 31.4 Å². The number of hydroxylamine groups is 4. The van der Waals surface area contributed by atoms with Gasteiger partial charge in [0, 0.05) is 37.7 Å². The van der Waals surface area contributed by atoms with Crippen LogP contribution in [0.4, 0.5) is 9.59 Å². The van der Waals surface area contributed by atoms with Crippen molar-refractivity contribution in [2.24, 2.45) is 0 Å². The van der Waals surface area contributed by atoms with E-state index >= 15 is 0 Å². The van der Waals surface area contributed by atoms with E-state index in [4.69, 9.17) is 0 Å². The molecular weight excluding hydrogens is 448 g/mol. The first kappa shape index (κ1) is 22.8. The zero-order valence-electron chi connectivity index (χ0n) is 17.5. The van der Waals surface area contributed by atoms with Crippen LogP contribution in [0.5, 0.6) is 0 Å². The van der Waals surface area contributed by atoms with Crippen molar-refractivity contribution in [3.8, 4) is 0 Å². The quantitative estimate of drug-likeness (QED) is 0.323. The average molecular weight is 475 g/mol. The van der Waals surface area contributed by atoms with Crippen LogP contribution in [0.15, 0.2) is 60.7 Å². The minimum atomic E-state index is -0.373. The van der Waals surface area contributed by atoms with Crippen molar-refractivity contribution in [3.05, 3.63) is 71.8 Å². The van der Waals surface area contributed by atoms with E-state index < -0.39 is 0 Å². The zero-order valence-corrected chi connectivity index (χ0v) is 19.1. The summed E-state index contributed by atoms with van der Waals surface area (Å²) in [6, 6.07) is 17.6. The lowest BCUT2D eigenvalue weighted by atomic mass is 10.1. The molecule has 2 fully saturated rings. The number of urea groups is 2. The van der Waals surface area contributed by atoms with Gasteiger partial charge in [-0.2, -0.15) is 10.1 Å². The van der Waals surface area contributed by atoms with E-state index in [1.807, 2.05) is 60.7 Å². The molecule has 0 spiro atoms. The van der Waals surface area contributed by atoms with Crippen LogP contribution >= 0.6 is 21.6 Å². The highest BCUT2D eigenvalue weighted by atomic mass is 33.1. The van der Waals surface area contributed by atoms with Gasteiger partial charge in [-0.05, 0) is 11.1 Å². The number of hydrogen-bond acceptors (Lipinski definition) is 6. The third-order valence-corrected chi connectivity index (χ3v) is 8.02. The Balaban J connectivity index is 1.17. The summed E-state index contributed by atoms with van der Waals surface area (Å²) in [5, 5.41) is 22.0. The van der Waals surface area contributed by atoms with Crippen molar-refractivity contribution >= 4 is 33.7 Å². The van der Waals surface area contributed by atoms with Gasteiger partial charge in [-0.25, -0.2) is 9.59 Å². The summed E-state index contributed by atoms with van der Waals surface area (Å²) in [4.78, 5) is 27.9. The standard InChI is InChI=1S/C22H26N4O4S2/c27-21-23(15-19(25(21)29)17-7-3-1-4-8-17)11-13-31-32-14-12-24-16-20(26(30)22(24)28)18-9-5-2-6-10-18/h1-10,19-20,29-30H,11-16H2. The summed E-state index contributed by atoms with van der Waals surface area (Å²) < 4.78 is 0. The third-order valence-electron chi connectivity index (χ3n) is 5.65. The Morgan fingerprint density at radius 2 is 1.06 bits per heavy atom. The number of rotatable bonds is 9. The van der Waals surface area contributed by atoms with E-state index in [9.17, 15) is 20.0 Å². The summed E-state index contributed by atoms with van der Waals surface area (Å²) in [5.41, 5.74) is 1.82. The first-order chi connectivity index (χ1) is 15.6. The molecule has 4 rings (SSSR count). The third kappa shape index (κ3) is 4.98. The van der Waals surface area contributed by atoms with Crippen LogP contribution in [0.3, 0.4) is 0 Å². The van der Waals surface area contributed by atoms with Crippen LogP contribution < -0.4 is 0 Å². The molecule has 0 aromatic heterocycles. The lowest BCUT2D eigenvalue weighted by Crippen LogP contribution is -2.32. The predicted octanol–water partition coefficient (Wildman–Crippen LogP) is 4.10. The summed E-state index contributed by atoms with van der Waals surface area (Å²) >= 11 is 0.